The van der Waals surface area contributed by atoms with Gasteiger partial charge in [0.1, 0.15) is 5.78 Å². The fourth-order valence-corrected chi connectivity index (χ4v) is 4.74. The molecule has 0 spiro atoms. The number of rotatable bonds is 2. The first-order chi connectivity index (χ1) is 7.78. The van der Waals surface area contributed by atoms with E-state index >= 15 is 0 Å². The molecule has 0 aliphatic heterocycles. The normalized spacial score (nSPS) is 43.9. The second kappa shape index (κ2) is 3.91. The van der Waals surface area contributed by atoms with Crippen LogP contribution in [0.2, 0.25) is 0 Å². The van der Waals surface area contributed by atoms with Crippen LogP contribution in [0.4, 0.5) is 0 Å². The van der Waals surface area contributed by atoms with E-state index in [1.54, 1.807) is 0 Å². The van der Waals surface area contributed by atoms with E-state index in [0.29, 0.717) is 18.1 Å². The Balaban J connectivity index is 1.75. The van der Waals surface area contributed by atoms with E-state index in [0.717, 1.165) is 23.7 Å². The number of hydrogen-bond acceptors (Lipinski definition) is 1. The number of carbonyl (C=O) groups excluding carboxylic acids is 1. The Morgan fingerprint density at radius 3 is 2.12 bits per heavy atom. The smallest absolute Gasteiger partial charge is 0.148 e. The number of hydrogen-bond donors (Lipinski definition) is 0. The molecule has 0 aromatic heterocycles. The van der Waals surface area contributed by atoms with Crippen LogP contribution in [0.15, 0.2) is 0 Å². The third-order valence-corrected chi connectivity index (χ3v) is 5.04. The highest BCUT2D eigenvalue weighted by atomic mass is 16.1. The highest BCUT2D eigenvalue weighted by Crippen LogP contribution is 2.56. The quantitative estimate of drug-likeness (QED) is 0.648. The highest BCUT2D eigenvalue weighted by molar-refractivity contribution is 5.84. The Morgan fingerprint density at radius 2 is 1.62 bits per heavy atom. The summed E-state index contributed by atoms with van der Waals surface area (Å²) in [6, 6.07) is 0. The van der Waals surface area contributed by atoms with Crippen molar-refractivity contribution in [2.45, 2.75) is 45.4 Å². The first-order valence-electron chi connectivity index (χ1n) is 6.70. The molecule has 16 heavy (non-hydrogen) atoms. The molecule has 4 fully saturated rings. The molecule has 0 unspecified atom stereocenters. The number of Topliss-reactive ketones (excluding diaryl/α,β-unsaturated/α-hetero) is 1. The van der Waals surface area contributed by atoms with Crippen LogP contribution in [0.25, 0.3) is 0 Å². The van der Waals surface area contributed by atoms with Crippen molar-refractivity contribution >= 4 is 5.78 Å². The molecule has 86 valence electrons. The molecule has 0 saturated heterocycles. The molecule has 0 radical (unpaired) electrons. The van der Waals surface area contributed by atoms with Gasteiger partial charge in [-0.3, -0.25) is 4.79 Å². The van der Waals surface area contributed by atoms with Crippen molar-refractivity contribution in [2.75, 3.05) is 0 Å². The Bertz CT molecular complexity index is 329. The lowest BCUT2D eigenvalue weighted by molar-refractivity contribution is -0.134. The predicted molar refractivity (Wildman–Crippen MR) is 63.6 cm³/mol. The van der Waals surface area contributed by atoms with Crippen LogP contribution in [-0.4, -0.2) is 5.78 Å². The van der Waals surface area contributed by atoms with Crippen LogP contribution in [0, 0.1) is 41.4 Å². The van der Waals surface area contributed by atoms with Crippen molar-refractivity contribution in [1.82, 2.24) is 0 Å². The SMILES string of the molecule is CC#CCC(=O)C1C2CC3CC(C2)CC1C3. The molecule has 4 rings (SSSR count). The predicted octanol–water partition coefficient (Wildman–Crippen LogP) is 3.04. The number of ketones is 1. The van der Waals surface area contributed by atoms with Crippen LogP contribution in [0.1, 0.15) is 45.4 Å². The van der Waals surface area contributed by atoms with E-state index in [9.17, 15) is 4.79 Å². The first kappa shape index (κ1) is 10.4. The van der Waals surface area contributed by atoms with Gasteiger partial charge in [0.05, 0.1) is 6.42 Å². The Kier molecular flexibility index (Phi) is 2.54. The van der Waals surface area contributed by atoms with E-state index < -0.39 is 0 Å². The van der Waals surface area contributed by atoms with Crippen molar-refractivity contribution < 1.29 is 4.79 Å². The summed E-state index contributed by atoms with van der Waals surface area (Å²) in [5.74, 6) is 10.0. The zero-order valence-electron chi connectivity index (χ0n) is 10.0. The molecule has 0 aromatic rings. The molecule has 1 nitrogen and oxygen atoms in total. The van der Waals surface area contributed by atoms with Gasteiger partial charge < -0.3 is 0 Å². The Hall–Kier alpha value is -0.770. The Morgan fingerprint density at radius 1 is 1.06 bits per heavy atom. The summed E-state index contributed by atoms with van der Waals surface area (Å²) in [6.45, 7) is 1.82. The average Bonchev–Trinajstić information content (AvgIpc) is 2.24. The fourth-order valence-electron chi connectivity index (χ4n) is 4.74. The molecule has 0 heterocycles. The summed E-state index contributed by atoms with van der Waals surface area (Å²) in [5.41, 5.74) is 0. The van der Waals surface area contributed by atoms with E-state index in [4.69, 9.17) is 0 Å². The molecular weight excluding hydrogens is 196 g/mol. The molecule has 0 atom stereocenters. The lowest BCUT2D eigenvalue weighted by Crippen LogP contribution is -2.47. The molecule has 4 saturated carbocycles. The van der Waals surface area contributed by atoms with Gasteiger partial charge in [-0.1, -0.05) is 5.92 Å². The van der Waals surface area contributed by atoms with Crippen molar-refractivity contribution in [3.05, 3.63) is 0 Å². The standard InChI is InChI=1S/C15H20O/c1-2-3-4-14(16)15-12-6-10-5-11(8-12)9-13(15)7-10/h10-13,15H,4-9H2,1H3. The summed E-state index contributed by atoms with van der Waals surface area (Å²) in [7, 11) is 0. The van der Waals surface area contributed by atoms with Crippen LogP contribution >= 0.6 is 0 Å². The van der Waals surface area contributed by atoms with Gasteiger partial charge in [-0.25, -0.2) is 0 Å². The second-order valence-electron chi connectivity index (χ2n) is 6.03. The van der Waals surface area contributed by atoms with Crippen LogP contribution in [0.5, 0.6) is 0 Å². The molecule has 0 N–H and O–H groups in total. The topological polar surface area (TPSA) is 17.1 Å². The van der Waals surface area contributed by atoms with E-state index in [1.165, 1.54) is 32.1 Å². The molecule has 4 aliphatic carbocycles. The summed E-state index contributed by atoms with van der Waals surface area (Å²) >= 11 is 0. The van der Waals surface area contributed by atoms with Crippen molar-refractivity contribution in [2.24, 2.45) is 29.6 Å². The lowest BCUT2D eigenvalue weighted by Gasteiger charge is -2.53. The summed E-state index contributed by atoms with van der Waals surface area (Å²) in [4.78, 5) is 12.2. The molecule has 1 heteroatoms. The van der Waals surface area contributed by atoms with Gasteiger partial charge in [0.2, 0.25) is 0 Å². The third kappa shape index (κ3) is 1.59. The third-order valence-electron chi connectivity index (χ3n) is 5.04. The van der Waals surface area contributed by atoms with Gasteiger partial charge in [0, 0.05) is 5.92 Å². The van der Waals surface area contributed by atoms with Crippen LogP contribution in [-0.2, 0) is 4.79 Å². The van der Waals surface area contributed by atoms with Crippen LogP contribution < -0.4 is 0 Å². The molecule has 4 bridgehead atoms. The fraction of sp³-hybridized carbons (Fsp3) is 0.800. The minimum absolute atomic E-state index is 0.383. The minimum Gasteiger partial charge on any atom is -0.298 e. The van der Waals surface area contributed by atoms with Crippen molar-refractivity contribution in [3.8, 4) is 11.8 Å². The van der Waals surface area contributed by atoms with E-state index in [2.05, 4.69) is 11.8 Å². The van der Waals surface area contributed by atoms with Gasteiger partial charge in [-0.15, -0.1) is 5.92 Å². The highest BCUT2D eigenvalue weighted by Gasteiger charge is 2.50. The van der Waals surface area contributed by atoms with Gasteiger partial charge >= 0.3 is 0 Å². The van der Waals surface area contributed by atoms with Crippen LogP contribution in [0.3, 0.4) is 0 Å². The van der Waals surface area contributed by atoms with Gasteiger partial charge in [0.25, 0.3) is 0 Å². The maximum absolute atomic E-state index is 12.2. The van der Waals surface area contributed by atoms with E-state index in [-0.39, 0.29) is 0 Å². The summed E-state index contributed by atoms with van der Waals surface area (Å²) in [6.07, 6.45) is 7.31. The summed E-state index contributed by atoms with van der Waals surface area (Å²) < 4.78 is 0. The van der Waals surface area contributed by atoms with Gasteiger partial charge in [0.15, 0.2) is 0 Å². The molecule has 0 aromatic carbocycles. The van der Waals surface area contributed by atoms with Crippen molar-refractivity contribution in [1.29, 1.82) is 0 Å². The van der Waals surface area contributed by atoms with Crippen molar-refractivity contribution in [3.63, 3.8) is 0 Å². The maximum atomic E-state index is 12.2. The average molecular weight is 216 g/mol. The Labute approximate surface area is 98.0 Å². The molecule has 4 aliphatic rings. The van der Waals surface area contributed by atoms with E-state index in [1.807, 2.05) is 6.92 Å². The minimum atomic E-state index is 0.383. The number of carbonyl (C=O) groups is 1. The lowest BCUT2D eigenvalue weighted by atomic mass is 9.51. The maximum Gasteiger partial charge on any atom is 0.148 e. The zero-order chi connectivity index (χ0) is 11.1. The second-order valence-corrected chi connectivity index (χ2v) is 6.03. The van der Waals surface area contributed by atoms with Gasteiger partial charge in [-0.2, -0.15) is 0 Å². The monoisotopic (exact) mass is 216 g/mol. The first-order valence-corrected chi connectivity index (χ1v) is 6.70. The van der Waals surface area contributed by atoms with Gasteiger partial charge in [-0.05, 0) is 62.7 Å². The molecular formula is C15H20O. The zero-order valence-corrected chi connectivity index (χ0v) is 10.0. The molecule has 0 amide bonds. The largest absolute Gasteiger partial charge is 0.298 e. The summed E-state index contributed by atoms with van der Waals surface area (Å²) in [5, 5.41) is 0.